The molecule has 5 nitrogen and oxygen atoms in total. The Hall–Kier alpha value is -1.82. The van der Waals surface area contributed by atoms with Crippen LogP contribution >= 0.6 is 15.9 Å². The van der Waals surface area contributed by atoms with Crippen LogP contribution < -0.4 is 0 Å². The Kier molecular flexibility index (Phi) is 5.33. The van der Waals surface area contributed by atoms with E-state index in [1.54, 1.807) is 39.2 Å². The summed E-state index contributed by atoms with van der Waals surface area (Å²) in [5, 5.41) is 0. The van der Waals surface area contributed by atoms with Gasteiger partial charge in [-0.2, -0.15) is 0 Å². The smallest absolute Gasteiger partial charge is 0.418 e. The first-order valence-electron chi connectivity index (χ1n) is 8.18. The number of amides is 2. The molecule has 0 saturated carbocycles. The van der Waals surface area contributed by atoms with Crippen LogP contribution in [0.15, 0.2) is 22.9 Å². The number of ether oxygens (including phenoxy) is 2. The molecule has 0 aliphatic carbocycles. The second-order valence-electron chi connectivity index (χ2n) is 7.36. The standard InChI is InChI=1S/C19H24BrNO4/c1-7-24-9-8-12-10-13(20)11-14-15(12)19(5,6)21(16(14)22)17(23)25-18(2,3)4/h8-11H,7H2,1-6H3/b9-8+. The lowest BCUT2D eigenvalue weighted by molar-refractivity contribution is 0.00937. The molecule has 0 bridgehead atoms. The first kappa shape index (κ1) is 19.5. The predicted molar refractivity (Wildman–Crippen MR) is 100 cm³/mol. The summed E-state index contributed by atoms with van der Waals surface area (Å²) in [7, 11) is 0. The molecule has 136 valence electrons. The summed E-state index contributed by atoms with van der Waals surface area (Å²) in [5.41, 5.74) is 0.577. The first-order chi connectivity index (χ1) is 11.5. The van der Waals surface area contributed by atoms with E-state index in [4.69, 9.17) is 9.47 Å². The van der Waals surface area contributed by atoms with Crippen molar-refractivity contribution in [3.63, 3.8) is 0 Å². The van der Waals surface area contributed by atoms with Gasteiger partial charge in [0.1, 0.15) is 5.60 Å². The fourth-order valence-electron chi connectivity index (χ4n) is 2.93. The van der Waals surface area contributed by atoms with Gasteiger partial charge in [0.15, 0.2) is 0 Å². The van der Waals surface area contributed by atoms with Gasteiger partial charge >= 0.3 is 6.09 Å². The van der Waals surface area contributed by atoms with Gasteiger partial charge < -0.3 is 9.47 Å². The van der Waals surface area contributed by atoms with E-state index in [0.29, 0.717) is 12.2 Å². The monoisotopic (exact) mass is 409 g/mol. The van der Waals surface area contributed by atoms with Gasteiger partial charge in [-0.25, -0.2) is 9.69 Å². The molecule has 2 amide bonds. The van der Waals surface area contributed by atoms with E-state index in [2.05, 4.69) is 15.9 Å². The highest BCUT2D eigenvalue weighted by molar-refractivity contribution is 9.10. The van der Waals surface area contributed by atoms with Crippen molar-refractivity contribution in [3.05, 3.63) is 39.6 Å². The van der Waals surface area contributed by atoms with Gasteiger partial charge in [-0.3, -0.25) is 4.79 Å². The maximum absolute atomic E-state index is 12.9. The van der Waals surface area contributed by atoms with E-state index in [-0.39, 0.29) is 5.91 Å². The maximum atomic E-state index is 12.9. The average Bonchev–Trinajstić information content (AvgIpc) is 2.63. The zero-order valence-corrected chi connectivity index (χ0v) is 17.1. The number of hydrogen-bond donors (Lipinski definition) is 0. The van der Waals surface area contributed by atoms with E-state index in [1.165, 1.54) is 4.90 Å². The van der Waals surface area contributed by atoms with Gasteiger partial charge in [0.05, 0.1) is 18.4 Å². The minimum Gasteiger partial charge on any atom is -0.501 e. The number of benzene rings is 1. The minimum atomic E-state index is -0.832. The molecular weight excluding hydrogens is 386 g/mol. The number of carbonyl (C=O) groups excluding carboxylic acids is 2. The number of imide groups is 1. The van der Waals surface area contributed by atoms with Crippen molar-refractivity contribution in [2.75, 3.05) is 6.61 Å². The molecule has 0 N–H and O–H groups in total. The Morgan fingerprint density at radius 1 is 1.32 bits per heavy atom. The maximum Gasteiger partial charge on any atom is 0.418 e. The normalized spacial score (nSPS) is 16.3. The number of nitrogens with zero attached hydrogens (tertiary/aromatic N) is 1. The van der Waals surface area contributed by atoms with Crippen LogP contribution in [0, 0.1) is 0 Å². The van der Waals surface area contributed by atoms with Crippen molar-refractivity contribution in [2.45, 2.75) is 52.7 Å². The van der Waals surface area contributed by atoms with Gasteiger partial charge in [-0.15, -0.1) is 0 Å². The summed E-state index contributed by atoms with van der Waals surface area (Å²) in [5.74, 6) is -0.360. The Labute approximate surface area is 157 Å². The lowest BCUT2D eigenvalue weighted by Gasteiger charge is -2.33. The van der Waals surface area contributed by atoms with Gasteiger partial charge in [0, 0.05) is 10.0 Å². The van der Waals surface area contributed by atoms with Crippen LogP contribution in [0.4, 0.5) is 4.79 Å². The van der Waals surface area contributed by atoms with Crippen molar-refractivity contribution < 1.29 is 19.1 Å². The molecule has 0 spiro atoms. The van der Waals surface area contributed by atoms with Crippen molar-refractivity contribution in [3.8, 4) is 0 Å². The van der Waals surface area contributed by atoms with Crippen LogP contribution in [0.2, 0.25) is 0 Å². The fraction of sp³-hybridized carbons (Fsp3) is 0.474. The Balaban J connectivity index is 2.53. The van der Waals surface area contributed by atoms with Crippen LogP contribution in [0.5, 0.6) is 0 Å². The summed E-state index contributed by atoms with van der Waals surface area (Å²) < 4.78 is 11.5. The van der Waals surface area contributed by atoms with Crippen molar-refractivity contribution in [2.24, 2.45) is 0 Å². The highest BCUT2D eigenvalue weighted by Gasteiger charge is 2.49. The molecule has 2 rings (SSSR count). The summed E-state index contributed by atoms with van der Waals surface area (Å²) >= 11 is 3.43. The first-order valence-corrected chi connectivity index (χ1v) is 8.98. The molecule has 25 heavy (non-hydrogen) atoms. The van der Waals surface area contributed by atoms with Gasteiger partial charge in [0.2, 0.25) is 0 Å². The zero-order chi connectivity index (χ0) is 19.0. The van der Waals surface area contributed by atoms with Crippen LogP contribution in [-0.2, 0) is 15.0 Å². The molecule has 0 unspecified atom stereocenters. The number of rotatable bonds is 3. The fourth-order valence-corrected chi connectivity index (χ4v) is 3.41. The third-order valence-electron chi connectivity index (χ3n) is 3.82. The lowest BCUT2D eigenvalue weighted by Crippen LogP contribution is -2.46. The third-order valence-corrected chi connectivity index (χ3v) is 4.28. The predicted octanol–water partition coefficient (Wildman–Crippen LogP) is 5.08. The molecule has 0 radical (unpaired) electrons. The minimum absolute atomic E-state index is 0.360. The molecule has 1 aromatic rings. The molecule has 6 heteroatoms. The molecule has 1 aliphatic rings. The van der Waals surface area contributed by atoms with Crippen LogP contribution in [0.25, 0.3) is 6.08 Å². The molecule has 1 aromatic carbocycles. The van der Waals surface area contributed by atoms with Gasteiger partial charge in [-0.1, -0.05) is 15.9 Å². The van der Waals surface area contributed by atoms with Crippen LogP contribution in [-0.4, -0.2) is 29.1 Å². The Bertz CT molecular complexity index is 732. The van der Waals surface area contributed by atoms with Crippen LogP contribution in [0.1, 0.15) is 63.0 Å². The SMILES string of the molecule is CCO/C=C/c1cc(Br)cc2c1C(C)(C)N(C(=O)OC(C)(C)C)C2=O. The lowest BCUT2D eigenvalue weighted by atomic mass is 9.89. The average molecular weight is 410 g/mol. The highest BCUT2D eigenvalue weighted by Crippen LogP contribution is 2.43. The summed E-state index contributed by atoms with van der Waals surface area (Å²) in [6.45, 7) is 11.5. The molecular formula is C19H24BrNO4. The Morgan fingerprint density at radius 2 is 1.96 bits per heavy atom. The topological polar surface area (TPSA) is 55.8 Å². The number of fused-ring (bicyclic) bond motifs is 1. The van der Waals surface area contributed by atoms with Crippen molar-refractivity contribution in [1.82, 2.24) is 4.90 Å². The van der Waals surface area contributed by atoms with E-state index in [9.17, 15) is 9.59 Å². The summed E-state index contributed by atoms with van der Waals surface area (Å²) in [6.07, 6.45) is 2.76. The number of carbonyl (C=O) groups is 2. The largest absolute Gasteiger partial charge is 0.501 e. The van der Waals surface area contributed by atoms with Gasteiger partial charge in [0.25, 0.3) is 5.91 Å². The van der Waals surface area contributed by atoms with E-state index < -0.39 is 17.2 Å². The second kappa shape index (κ2) is 6.83. The van der Waals surface area contributed by atoms with Gasteiger partial charge in [-0.05, 0) is 70.9 Å². The van der Waals surface area contributed by atoms with E-state index in [1.807, 2.05) is 26.8 Å². The molecule has 0 atom stereocenters. The van der Waals surface area contributed by atoms with Crippen molar-refractivity contribution >= 4 is 34.0 Å². The van der Waals surface area contributed by atoms with E-state index >= 15 is 0 Å². The molecule has 0 aromatic heterocycles. The molecule has 1 aliphatic heterocycles. The number of hydrogen-bond acceptors (Lipinski definition) is 4. The second-order valence-corrected chi connectivity index (χ2v) is 8.27. The molecule has 0 fully saturated rings. The summed E-state index contributed by atoms with van der Waals surface area (Å²) in [6, 6.07) is 3.64. The molecule has 1 heterocycles. The van der Waals surface area contributed by atoms with Crippen LogP contribution in [0.3, 0.4) is 0 Å². The number of halogens is 1. The Morgan fingerprint density at radius 3 is 2.52 bits per heavy atom. The third kappa shape index (κ3) is 3.89. The van der Waals surface area contributed by atoms with E-state index in [0.717, 1.165) is 15.6 Å². The quantitative estimate of drug-likeness (QED) is 0.652. The highest BCUT2D eigenvalue weighted by atomic mass is 79.9. The summed E-state index contributed by atoms with van der Waals surface area (Å²) in [4.78, 5) is 26.8. The zero-order valence-electron chi connectivity index (χ0n) is 15.5. The van der Waals surface area contributed by atoms with Crippen molar-refractivity contribution in [1.29, 1.82) is 0 Å². The molecule has 0 saturated heterocycles.